The summed E-state index contributed by atoms with van der Waals surface area (Å²) in [6.07, 6.45) is 2.37. The normalized spacial score (nSPS) is 15.6. The van der Waals surface area contributed by atoms with E-state index >= 15 is 0 Å². The number of halogens is 1. The molecule has 0 amide bonds. The molecule has 0 aliphatic carbocycles. The molecule has 2 unspecified atom stereocenters. The zero-order chi connectivity index (χ0) is 11.4. The Kier molecular flexibility index (Phi) is 4.27. The van der Waals surface area contributed by atoms with Gasteiger partial charge >= 0.3 is 0 Å². The van der Waals surface area contributed by atoms with Gasteiger partial charge in [0.15, 0.2) is 6.17 Å². The standard InChI is InChI=1S/C11H20FN3/c1-4-15-6-5-14-11(15)10(12)9(7-13)8(2)3/h5-6,8-10H,4,7,13H2,1-3H3. The van der Waals surface area contributed by atoms with Gasteiger partial charge < -0.3 is 10.3 Å². The Balaban J connectivity index is 2.87. The van der Waals surface area contributed by atoms with Crippen molar-refractivity contribution in [1.29, 1.82) is 0 Å². The van der Waals surface area contributed by atoms with E-state index in [1.54, 1.807) is 12.4 Å². The molecule has 15 heavy (non-hydrogen) atoms. The van der Waals surface area contributed by atoms with Crippen LogP contribution >= 0.6 is 0 Å². The fourth-order valence-electron chi connectivity index (χ4n) is 1.76. The fraction of sp³-hybridized carbons (Fsp3) is 0.727. The first-order chi connectivity index (χ1) is 7.11. The number of nitrogens with two attached hydrogens (primary N) is 1. The van der Waals surface area contributed by atoms with Crippen LogP contribution in [0.15, 0.2) is 12.4 Å². The molecule has 4 heteroatoms. The van der Waals surface area contributed by atoms with Gasteiger partial charge in [-0.1, -0.05) is 13.8 Å². The zero-order valence-corrected chi connectivity index (χ0v) is 9.65. The highest BCUT2D eigenvalue weighted by molar-refractivity contribution is 4.99. The molecule has 2 N–H and O–H groups in total. The minimum Gasteiger partial charge on any atom is -0.333 e. The highest BCUT2D eigenvalue weighted by Gasteiger charge is 2.27. The van der Waals surface area contributed by atoms with Crippen molar-refractivity contribution in [2.24, 2.45) is 17.6 Å². The summed E-state index contributed by atoms with van der Waals surface area (Å²) in [5.74, 6) is 0.575. The first-order valence-corrected chi connectivity index (χ1v) is 5.47. The second-order valence-corrected chi connectivity index (χ2v) is 4.12. The van der Waals surface area contributed by atoms with Crippen LogP contribution in [0.2, 0.25) is 0 Å². The first-order valence-electron chi connectivity index (χ1n) is 5.47. The number of aryl methyl sites for hydroxylation is 1. The largest absolute Gasteiger partial charge is 0.333 e. The Morgan fingerprint density at radius 2 is 2.20 bits per heavy atom. The second kappa shape index (κ2) is 5.26. The highest BCUT2D eigenvalue weighted by Crippen LogP contribution is 2.29. The minimum atomic E-state index is -1.06. The molecule has 3 nitrogen and oxygen atoms in total. The topological polar surface area (TPSA) is 43.8 Å². The summed E-state index contributed by atoms with van der Waals surface area (Å²) < 4.78 is 16.0. The van der Waals surface area contributed by atoms with Crippen molar-refractivity contribution in [3.63, 3.8) is 0 Å². The molecule has 0 fully saturated rings. The maximum Gasteiger partial charge on any atom is 0.162 e. The molecule has 86 valence electrons. The van der Waals surface area contributed by atoms with Crippen LogP contribution in [0, 0.1) is 11.8 Å². The van der Waals surface area contributed by atoms with Crippen molar-refractivity contribution in [3.05, 3.63) is 18.2 Å². The molecule has 1 heterocycles. The molecule has 0 saturated carbocycles. The highest BCUT2D eigenvalue weighted by atomic mass is 19.1. The van der Waals surface area contributed by atoms with E-state index in [2.05, 4.69) is 4.98 Å². The smallest absolute Gasteiger partial charge is 0.162 e. The molecule has 0 aliphatic heterocycles. The Hall–Kier alpha value is -0.900. The van der Waals surface area contributed by atoms with E-state index in [4.69, 9.17) is 5.73 Å². The lowest BCUT2D eigenvalue weighted by Crippen LogP contribution is -2.26. The summed E-state index contributed by atoms with van der Waals surface area (Å²) in [5, 5.41) is 0. The number of rotatable bonds is 5. The summed E-state index contributed by atoms with van der Waals surface area (Å²) in [4.78, 5) is 4.07. The first kappa shape index (κ1) is 12.2. The van der Waals surface area contributed by atoms with Gasteiger partial charge in [-0.05, 0) is 19.4 Å². The van der Waals surface area contributed by atoms with Crippen LogP contribution in [0.25, 0.3) is 0 Å². The predicted molar refractivity (Wildman–Crippen MR) is 59.1 cm³/mol. The third-order valence-electron chi connectivity index (χ3n) is 2.84. The van der Waals surface area contributed by atoms with Gasteiger partial charge in [0.25, 0.3) is 0 Å². The summed E-state index contributed by atoms with van der Waals surface area (Å²) in [7, 11) is 0. The van der Waals surface area contributed by atoms with Crippen LogP contribution in [0.3, 0.4) is 0 Å². The van der Waals surface area contributed by atoms with Crippen molar-refractivity contribution >= 4 is 0 Å². The zero-order valence-electron chi connectivity index (χ0n) is 9.65. The molecule has 1 rings (SSSR count). The van der Waals surface area contributed by atoms with Crippen LogP contribution in [-0.2, 0) is 6.54 Å². The minimum absolute atomic E-state index is 0.155. The Morgan fingerprint density at radius 1 is 1.53 bits per heavy atom. The van der Waals surface area contributed by atoms with E-state index in [0.717, 1.165) is 6.54 Å². The Morgan fingerprint density at radius 3 is 2.67 bits per heavy atom. The SMILES string of the molecule is CCn1ccnc1C(F)C(CN)C(C)C. The van der Waals surface area contributed by atoms with Crippen LogP contribution in [0.5, 0.6) is 0 Å². The van der Waals surface area contributed by atoms with Gasteiger partial charge in [0, 0.05) is 24.9 Å². The number of imidazole rings is 1. The molecule has 0 bridgehead atoms. The summed E-state index contributed by atoms with van der Waals surface area (Å²) in [6.45, 7) is 7.05. The van der Waals surface area contributed by atoms with E-state index in [0.29, 0.717) is 12.4 Å². The summed E-state index contributed by atoms with van der Waals surface area (Å²) >= 11 is 0. The van der Waals surface area contributed by atoms with E-state index in [-0.39, 0.29) is 11.8 Å². The van der Waals surface area contributed by atoms with Crippen LogP contribution < -0.4 is 5.73 Å². The maximum absolute atomic E-state index is 14.2. The number of alkyl halides is 1. The average molecular weight is 213 g/mol. The second-order valence-electron chi connectivity index (χ2n) is 4.12. The number of nitrogens with zero attached hydrogens (tertiary/aromatic N) is 2. The molecule has 0 aliphatic rings. The van der Waals surface area contributed by atoms with E-state index in [9.17, 15) is 4.39 Å². The van der Waals surface area contributed by atoms with Crippen molar-refractivity contribution in [2.45, 2.75) is 33.5 Å². The van der Waals surface area contributed by atoms with Crippen LogP contribution in [0.1, 0.15) is 32.8 Å². The van der Waals surface area contributed by atoms with Crippen molar-refractivity contribution in [2.75, 3.05) is 6.54 Å². The third-order valence-corrected chi connectivity index (χ3v) is 2.84. The molecule has 1 aromatic rings. The predicted octanol–water partition coefficient (Wildman–Crippen LogP) is 2.14. The van der Waals surface area contributed by atoms with Crippen molar-refractivity contribution in [1.82, 2.24) is 9.55 Å². The number of hydrogen-bond acceptors (Lipinski definition) is 2. The quantitative estimate of drug-likeness (QED) is 0.814. The van der Waals surface area contributed by atoms with Crippen LogP contribution in [0.4, 0.5) is 4.39 Å². The van der Waals surface area contributed by atoms with E-state index in [1.165, 1.54) is 0 Å². The molecule has 0 saturated heterocycles. The fourth-order valence-corrected chi connectivity index (χ4v) is 1.76. The van der Waals surface area contributed by atoms with Gasteiger partial charge in [0.1, 0.15) is 5.82 Å². The molecular weight excluding hydrogens is 193 g/mol. The van der Waals surface area contributed by atoms with Crippen molar-refractivity contribution < 1.29 is 4.39 Å². The molecule has 0 spiro atoms. The van der Waals surface area contributed by atoms with Gasteiger partial charge in [-0.25, -0.2) is 9.37 Å². The van der Waals surface area contributed by atoms with Gasteiger partial charge in [0.05, 0.1) is 0 Å². The third kappa shape index (κ3) is 2.56. The Bertz CT molecular complexity index is 296. The van der Waals surface area contributed by atoms with E-state index in [1.807, 2.05) is 25.3 Å². The average Bonchev–Trinajstić information content (AvgIpc) is 2.65. The molecular formula is C11H20FN3. The van der Waals surface area contributed by atoms with E-state index < -0.39 is 6.17 Å². The van der Waals surface area contributed by atoms with Gasteiger partial charge in [0.2, 0.25) is 0 Å². The lowest BCUT2D eigenvalue weighted by molar-refractivity contribution is 0.175. The van der Waals surface area contributed by atoms with Crippen LogP contribution in [-0.4, -0.2) is 16.1 Å². The summed E-state index contributed by atoms with van der Waals surface area (Å²) in [6, 6.07) is 0. The maximum atomic E-state index is 14.2. The lowest BCUT2D eigenvalue weighted by atomic mass is 9.91. The van der Waals surface area contributed by atoms with Gasteiger partial charge in [-0.3, -0.25) is 0 Å². The summed E-state index contributed by atoms with van der Waals surface area (Å²) in [5.41, 5.74) is 5.60. The van der Waals surface area contributed by atoms with Gasteiger partial charge in [-0.15, -0.1) is 0 Å². The lowest BCUT2D eigenvalue weighted by Gasteiger charge is -2.23. The monoisotopic (exact) mass is 213 g/mol. The van der Waals surface area contributed by atoms with Gasteiger partial charge in [-0.2, -0.15) is 0 Å². The molecule has 0 aromatic carbocycles. The molecule has 0 radical (unpaired) electrons. The molecule has 2 atom stereocenters. The van der Waals surface area contributed by atoms with Crippen molar-refractivity contribution in [3.8, 4) is 0 Å². The number of hydrogen-bond donors (Lipinski definition) is 1. The number of aromatic nitrogens is 2. The Labute approximate surface area is 90.5 Å². The molecule has 1 aromatic heterocycles.